The van der Waals surface area contributed by atoms with Crippen molar-refractivity contribution in [1.29, 1.82) is 0 Å². The number of unbranched alkanes of at least 4 members (excludes halogenated alkanes) is 10. The maximum absolute atomic E-state index is 12.5. The topological polar surface area (TPSA) is 180 Å². The maximum Gasteiger partial charge on any atom is 0.469 e. The number of phosphoric ester groups is 1. The molecule has 294 valence electrons. The summed E-state index contributed by atoms with van der Waals surface area (Å²) in [6.45, 7) is 3.24. The highest BCUT2D eigenvalue weighted by Crippen LogP contribution is 2.37. The molecule has 0 amide bonds. The minimum absolute atomic E-state index is 0.172. The zero-order chi connectivity index (χ0) is 37.7. The third-order valence-corrected chi connectivity index (χ3v) is 9.41. The van der Waals surface area contributed by atoms with Gasteiger partial charge in [0.1, 0.15) is 6.61 Å². The Balaban J connectivity index is 2.40. The second-order valence-corrected chi connectivity index (χ2v) is 14.8. The SMILES string of the molecule is CCCCC/C=C\C/C=C\CCCCCCCC(=O)OC[C@H](COP(=O)(O)O)OC(=O)C/C=C\C[C@H]1[C@@H](/C=C/[C@H](O)CCCCC)[C@H](O)C[C@@H]1O. The summed E-state index contributed by atoms with van der Waals surface area (Å²) in [5.74, 6) is -1.85. The third-order valence-electron chi connectivity index (χ3n) is 8.92. The number of allylic oxidation sites excluding steroid dienone is 5. The normalized spacial score (nSPS) is 21.0. The van der Waals surface area contributed by atoms with Crippen LogP contribution in [0.2, 0.25) is 0 Å². The van der Waals surface area contributed by atoms with E-state index in [4.69, 9.17) is 19.3 Å². The first-order chi connectivity index (χ1) is 24.5. The van der Waals surface area contributed by atoms with Crippen LogP contribution in [0.15, 0.2) is 48.6 Å². The Morgan fingerprint density at radius 2 is 1.43 bits per heavy atom. The van der Waals surface area contributed by atoms with Gasteiger partial charge in [0.05, 0.1) is 31.3 Å². The lowest BCUT2D eigenvalue weighted by atomic mass is 9.89. The summed E-state index contributed by atoms with van der Waals surface area (Å²) in [6.07, 6.45) is 28.2. The van der Waals surface area contributed by atoms with Crippen LogP contribution < -0.4 is 0 Å². The minimum atomic E-state index is -4.85. The number of phosphoric acid groups is 1. The van der Waals surface area contributed by atoms with E-state index in [2.05, 4.69) is 42.7 Å². The van der Waals surface area contributed by atoms with Gasteiger partial charge in [-0.2, -0.15) is 0 Å². The van der Waals surface area contributed by atoms with E-state index in [9.17, 15) is 29.5 Å². The molecular weight excluding hydrogens is 675 g/mol. The Bertz CT molecular complexity index is 1080. The molecule has 0 aromatic carbocycles. The summed E-state index contributed by atoms with van der Waals surface area (Å²) in [4.78, 5) is 43.0. The van der Waals surface area contributed by atoms with Crippen molar-refractivity contribution in [1.82, 2.24) is 0 Å². The summed E-state index contributed by atoms with van der Waals surface area (Å²) >= 11 is 0. The Kier molecular flexibility index (Phi) is 27.0. The van der Waals surface area contributed by atoms with Gasteiger partial charge in [-0.15, -0.1) is 0 Å². The number of esters is 2. The van der Waals surface area contributed by atoms with Crippen molar-refractivity contribution in [3.8, 4) is 0 Å². The molecule has 1 rings (SSSR count). The zero-order valence-corrected chi connectivity index (χ0v) is 32.0. The first-order valence-corrected chi connectivity index (χ1v) is 20.7. The molecule has 1 aliphatic carbocycles. The first kappa shape index (κ1) is 46.9. The molecule has 12 heteroatoms. The highest BCUT2D eigenvalue weighted by atomic mass is 31.2. The number of carbonyl (C=O) groups excluding carboxylic acids is 2. The van der Waals surface area contributed by atoms with Gasteiger partial charge < -0.3 is 34.6 Å². The molecule has 1 fully saturated rings. The van der Waals surface area contributed by atoms with Crippen LogP contribution >= 0.6 is 7.82 Å². The van der Waals surface area contributed by atoms with Crippen LogP contribution in [0, 0.1) is 11.8 Å². The maximum atomic E-state index is 12.5. The lowest BCUT2D eigenvalue weighted by molar-refractivity contribution is -0.160. The summed E-state index contributed by atoms with van der Waals surface area (Å²) < 4.78 is 26.3. The molecule has 0 bridgehead atoms. The van der Waals surface area contributed by atoms with Crippen molar-refractivity contribution in [3.63, 3.8) is 0 Å². The summed E-state index contributed by atoms with van der Waals surface area (Å²) in [6, 6.07) is 0. The standard InChI is InChI=1S/C39H67O11P/c1-3-5-7-8-9-10-11-12-13-14-15-16-17-18-20-25-38(43)48-30-33(31-49-51(45,46)47)50-39(44)26-22-21-24-34-35(37(42)29-36(34)41)28-27-32(40)23-19-6-4-2/h9-10,12-13,21-22,27-28,32-37,40-42H,3-8,11,14-20,23-26,29-31H2,1-2H3,(H2,45,46,47)/b10-9-,13-12-,22-21-,28-27+/t32-,33-,34+,35-,36+,37-/m1/s1. The molecule has 0 saturated heterocycles. The third kappa shape index (κ3) is 25.5. The van der Waals surface area contributed by atoms with E-state index in [1.807, 2.05) is 0 Å². The molecule has 51 heavy (non-hydrogen) atoms. The summed E-state index contributed by atoms with van der Waals surface area (Å²) in [5, 5.41) is 31.2. The van der Waals surface area contributed by atoms with Crippen molar-refractivity contribution in [2.24, 2.45) is 11.8 Å². The van der Waals surface area contributed by atoms with E-state index in [0.717, 1.165) is 64.2 Å². The van der Waals surface area contributed by atoms with Crippen molar-refractivity contribution in [2.45, 2.75) is 160 Å². The number of hydrogen-bond donors (Lipinski definition) is 5. The van der Waals surface area contributed by atoms with Gasteiger partial charge in [-0.1, -0.05) is 114 Å². The quantitative estimate of drug-likeness (QED) is 0.0212. The van der Waals surface area contributed by atoms with E-state index >= 15 is 0 Å². The number of rotatable bonds is 30. The molecule has 0 radical (unpaired) electrons. The molecule has 0 heterocycles. The van der Waals surface area contributed by atoms with Gasteiger partial charge in [-0.25, -0.2) is 4.57 Å². The average molecular weight is 743 g/mol. The van der Waals surface area contributed by atoms with Crippen molar-refractivity contribution in [2.75, 3.05) is 13.2 Å². The Labute approximate surface area is 306 Å². The van der Waals surface area contributed by atoms with Crippen LogP contribution in [-0.4, -0.2) is 74.7 Å². The zero-order valence-electron chi connectivity index (χ0n) is 31.1. The van der Waals surface area contributed by atoms with Crippen molar-refractivity contribution >= 4 is 19.8 Å². The van der Waals surface area contributed by atoms with E-state index in [1.165, 1.54) is 19.3 Å². The van der Waals surface area contributed by atoms with E-state index in [-0.39, 0.29) is 31.1 Å². The fourth-order valence-corrected chi connectivity index (χ4v) is 6.33. The first-order valence-electron chi connectivity index (χ1n) is 19.2. The number of aliphatic hydroxyl groups is 3. The van der Waals surface area contributed by atoms with Crippen molar-refractivity contribution < 1.29 is 53.3 Å². The Hall–Kier alpha value is -2.11. The van der Waals surface area contributed by atoms with E-state index in [1.54, 1.807) is 24.3 Å². The molecule has 5 N–H and O–H groups in total. The fraction of sp³-hybridized carbons (Fsp3) is 0.744. The van der Waals surface area contributed by atoms with Gasteiger partial charge in [-0.05, 0) is 57.3 Å². The lowest BCUT2D eigenvalue weighted by Crippen LogP contribution is -2.29. The van der Waals surface area contributed by atoms with Crippen LogP contribution in [0.4, 0.5) is 0 Å². The molecule has 0 aliphatic heterocycles. The van der Waals surface area contributed by atoms with Gasteiger partial charge in [0.25, 0.3) is 0 Å². The van der Waals surface area contributed by atoms with Crippen molar-refractivity contribution in [3.05, 3.63) is 48.6 Å². The predicted molar refractivity (Wildman–Crippen MR) is 199 cm³/mol. The second-order valence-electron chi connectivity index (χ2n) is 13.5. The van der Waals surface area contributed by atoms with Crippen LogP contribution in [0.3, 0.4) is 0 Å². The lowest BCUT2D eigenvalue weighted by Gasteiger charge is -2.20. The van der Waals surface area contributed by atoms with E-state index in [0.29, 0.717) is 19.3 Å². The van der Waals surface area contributed by atoms with Crippen LogP contribution in [0.1, 0.15) is 136 Å². The van der Waals surface area contributed by atoms with Gasteiger partial charge in [0.15, 0.2) is 6.10 Å². The van der Waals surface area contributed by atoms with Gasteiger partial charge in [-0.3, -0.25) is 14.1 Å². The van der Waals surface area contributed by atoms with Gasteiger partial charge in [0, 0.05) is 18.8 Å². The molecular formula is C39H67O11P. The number of carbonyl (C=O) groups is 2. The highest BCUT2D eigenvalue weighted by Gasteiger charge is 2.39. The van der Waals surface area contributed by atoms with Crippen LogP contribution in [0.25, 0.3) is 0 Å². The van der Waals surface area contributed by atoms with Crippen LogP contribution in [-0.2, 0) is 28.2 Å². The Morgan fingerprint density at radius 3 is 2.12 bits per heavy atom. The molecule has 6 atom stereocenters. The monoisotopic (exact) mass is 742 g/mol. The molecule has 11 nitrogen and oxygen atoms in total. The average Bonchev–Trinajstić information content (AvgIpc) is 3.35. The minimum Gasteiger partial charge on any atom is -0.462 e. The largest absolute Gasteiger partial charge is 0.469 e. The molecule has 0 aromatic heterocycles. The highest BCUT2D eigenvalue weighted by molar-refractivity contribution is 7.46. The Morgan fingerprint density at radius 1 is 0.784 bits per heavy atom. The predicted octanol–water partition coefficient (Wildman–Crippen LogP) is 7.56. The molecule has 0 aromatic rings. The fourth-order valence-electron chi connectivity index (χ4n) is 5.96. The number of ether oxygens (including phenoxy) is 2. The van der Waals surface area contributed by atoms with Gasteiger partial charge >= 0.3 is 19.8 Å². The van der Waals surface area contributed by atoms with E-state index < -0.39 is 57.4 Å². The second kappa shape index (κ2) is 29.4. The molecule has 1 aliphatic rings. The smallest absolute Gasteiger partial charge is 0.462 e. The summed E-state index contributed by atoms with van der Waals surface area (Å²) in [7, 11) is -4.85. The molecule has 0 unspecified atom stereocenters. The number of aliphatic hydroxyl groups excluding tert-OH is 3. The summed E-state index contributed by atoms with van der Waals surface area (Å²) in [5.41, 5.74) is 0. The molecule has 0 spiro atoms. The van der Waals surface area contributed by atoms with Gasteiger partial charge in [0.2, 0.25) is 0 Å². The number of hydrogen-bond acceptors (Lipinski definition) is 9. The van der Waals surface area contributed by atoms with Crippen LogP contribution in [0.5, 0.6) is 0 Å². The molecule has 1 saturated carbocycles.